The van der Waals surface area contributed by atoms with Gasteiger partial charge in [-0.15, -0.1) is 0 Å². The van der Waals surface area contributed by atoms with Gasteiger partial charge in [-0.1, -0.05) is 0 Å². The first-order chi connectivity index (χ1) is 6.65. The van der Waals surface area contributed by atoms with Gasteiger partial charge in [-0.3, -0.25) is 4.79 Å². The zero-order valence-corrected chi connectivity index (χ0v) is 8.82. The van der Waals surface area contributed by atoms with Gasteiger partial charge in [0.25, 0.3) is 0 Å². The molecule has 0 saturated heterocycles. The maximum atomic E-state index is 11.7. The fourth-order valence-corrected chi connectivity index (χ4v) is 0.890. The number of carbonyl (C=O) groups is 1. The lowest BCUT2D eigenvalue weighted by atomic mass is 9.94. The third-order valence-electron chi connectivity index (χ3n) is 1.96. The highest BCUT2D eigenvalue weighted by Gasteiger charge is 2.28. The molecule has 0 spiro atoms. The minimum atomic E-state index is -4.13. The Labute approximate surface area is 86.7 Å². The lowest BCUT2D eigenvalue weighted by Crippen LogP contribution is -2.36. The van der Waals surface area contributed by atoms with E-state index in [1.54, 1.807) is 0 Å². The van der Waals surface area contributed by atoms with Crippen molar-refractivity contribution >= 4 is 5.97 Å². The Hall–Kier alpha value is -0.780. The first-order valence-corrected chi connectivity index (χ1v) is 4.66. The van der Waals surface area contributed by atoms with Crippen LogP contribution in [0.25, 0.3) is 0 Å². The van der Waals surface area contributed by atoms with E-state index in [1.807, 2.05) is 0 Å². The maximum absolute atomic E-state index is 11.7. The Morgan fingerprint density at radius 1 is 1.33 bits per heavy atom. The Morgan fingerprint density at radius 3 is 2.27 bits per heavy atom. The van der Waals surface area contributed by atoms with Crippen LogP contribution in [0, 0.1) is 5.41 Å². The molecule has 0 aliphatic carbocycles. The number of rotatable bonds is 6. The van der Waals surface area contributed by atoms with Gasteiger partial charge in [0.1, 0.15) is 0 Å². The molecule has 0 fully saturated rings. The van der Waals surface area contributed by atoms with Gasteiger partial charge in [0.05, 0.1) is 5.41 Å². The lowest BCUT2D eigenvalue weighted by molar-refractivity contribution is -0.147. The van der Waals surface area contributed by atoms with Crippen LogP contribution in [0.2, 0.25) is 0 Å². The summed E-state index contributed by atoms with van der Waals surface area (Å²) in [5, 5.41) is 11.4. The number of carboxylic acid groups (broad SMARTS) is 1. The fourth-order valence-electron chi connectivity index (χ4n) is 0.890. The normalized spacial score (nSPS) is 12.9. The van der Waals surface area contributed by atoms with Crippen LogP contribution in [0.15, 0.2) is 0 Å². The molecule has 0 aliphatic heterocycles. The second-order valence-corrected chi connectivity index (χ2v) is 4.08. The average molecular weight is 227 g/mol. The van der Waals surface area contributed by atoms with Crippen molar-refractivity contribution in [2.75, 3.05) is 13.1 Å². The third-order valence-corrected chi connectivity index (χ3v) is 1.96. The van der Waals surface area contributed by atoms with E-state index in [9.17, 15) is 18.0 Å². The highest BCUT2D eigenvalue weighted by molar-refractivity contribution is 5.73. The highest BCUT2D eigenvalue weighted by atomic mass is 19.4. The van der Waals surface area contributed by atoms with Crippen LogP contribution in [0.1, 0.15) is 26.7 Å². The van der Waals surface area contributed by atoms with Gasteiger partial charge in [-0.2, -0.15) is 13.2 Å². The van der Waals surface area contributed by atoms with Crippen molar-refractivity contribution in [2.24, 2.45) is 5.41 Å². The number of halogens is 3. The summed E-state index contributed by atoms with van der Waals surface area (Å²) in [4.78, 5) is 10.6. The van der Waals surface area contributed by atoms with Crippen molar-refractivity contribution in [1.29, 1.82) is 0 Å². The summed E-state index contributed by atoms with van der Waals surface area (Å²) >= 11 is 0. The van der Waals surface area contributed by atoms with Crippen LogP contribution in [0.3, 0.4) is 0 Å². The van der Waals surface area contributed by atoms with Crippen LogP contribution in [0.5, 0.6) is 0 Å². The minimum Gasteiger partial charge on any atom is -0.481 e. The molecule has 0 heterocycles. The van der Waals surface area contributed by atoms with Crippen molar-refractivity contribution < 1.29 is 23.1 Å². The van der Waals surface area contributed by atoms with E-state index in [0.29, 0.717) is 0 Å². The molecule has 0 amide bonds. The van der Waals surface area contributed by atoms with E-state index in [1.165, 1.54) is 13.8 Å². The van der Waals surface area contributed by atoms with Gasteiger partial charge >= 0.3 is 12.1 Å². The third kappa shape index (κ3) is 7.18. The molecule has 6 heteroatoms. The lowest BCUT2D eigenvalue weighted by Gasteiger charge is -2.19. The molecular formula is C9H16F3NO2. The summed E-state index contributed by atoms with van der Waals surface area (Å²) in [6.45, 7) is 3.38. The molecule has 0 aromatic carbocycles. The quantitative estimate of drug-likeness (QED) is 0.682. The summed E-state index contributed by atoms with van der Waals surface area (Å²) in [5.41, 5.74) is -0.946. The molecule has 0 saturated carbocycles. The van der Waals surface area contributed by atoms with Gasteiger partial charge in [-0.25, -0.2) is 0 Å². The van der Waals surface area contributed by atoms with E-state index < -0.39 is 24.0 Å². The maximum Gasteiger partial charge on any atom is 0.389 e. The molecule has 3 nitrogen and oxygen atoms in total. The second-order valence-electron chi connectivity index (χ2n) is 4.08. The van der Waals surface area contributed by atoms with Gasteiger partial charge in [-0.05, 0) is 26.8 Å². The zero-order chi connectivity index (χ0) is 12.1. The zero-order valence-electron chi connectivity index (χ0n) is 8.82. The predicted molar refractivity (Wildman–Crippen MR) is 49.6 cm³/mol. The summed E-state index contributed by atoms with van der Waals surface area (Å²) in [6.07, 6.45) is -5.00. The Kier molecular flexibility index (Phi) is 5.07. The summed E-state index contributed by atoms with van der Waals surface area (Å²) in [6, 6.07) is 0. The molecule has 0 rings (SSSR count). The van der Waals surface area contributed by atoms with Crippen LogP contribution >= 0.6 is 0 Å². The van der Waals surface area contributed by atoms with Gasteiger partial charge < -0.3 is 10.4 Å². The number of hydrogen-bond donors (Lipinski definition) is 2. The molecule has 0 aromatic rings. The van der Waals surface area contributed by atoms with Crippen molar-refractivity contribution in [3.05, 3.63) is 0 Å². The van der Waals surface area contributed by atoms with Crippen LogP contribution in [0.4, 0.5) is 13.2 Å². The predicted octanol–water partition coefficient (Wildman–Crippen LogP) is 2.03. The molecule has 0 aromatic heterocycles. The number of aliphatic carboxylic acids is 1. The van der Waals surface area contributed by atoms with E-state index >= 15 is 0 Å². The van der Waals surface area contributed by atoms with Gasteiger partial charge in [0, 0.05) is 13.0 Å². The molecule has 90 valence electrons. The summed E-state index contributed by atoms with van der Waals surface area (Å²) in [5.74, 6) is -0.967. The number of nitrogens with one attached hydrogen (secondary N) is 1. The molecule has 0 bridgehead atoms. The standard InChI is InChI=1S/C9H16F3NO2/c1-8(2,7(14)15)6-13-5-3-4-9(10,11)12/h13H,3-6H2,1-2H3,(H,14,15). The first-order valence-electron chi connectivity index (χ1n) is 4.66. The van der Waals surface area contributed by atoms with Crippen molar-refractivity contribution in [1.82, 2.24) is 5.32 Å². The van der Waals surface area contributed by atoms with E-state index in [-0.39, 0.29) is 19.5 Å². The number of alkyl halides is 3. The first kappa shape index (κ1) is 14.2. The monoisotopic (exact) mass is 227 g/mol. The molecule has 0 radical (unpaired) electrons. The molecule has 0 atom stereocenters. The topological polar surface area (TPSA) is 49.3 Å². The van der Waals surface area contributed by atoms with Crippen LogP contribution in [-0.2, 0) is 4.79 Å². The van der Waals surface area contributed by atoms with Crippen molar-refractivity contribution in [3.63, 3.8) is 0 Å². The Bertz CT molecular complexity index is 214. The van der Waals surface area contributed by atoms with E-state index in [2.05, 4.69) is 5.32 Å². The summed E-state index contributed by atoms with van der Waals surface area (Å²) < 4.78 is 35.2. The molecule has 0 unspecified atom stereocenters. The van der Waals surface area contributed by atoms with E-state index in [0.717, 1.165) is 0 Å². The minimum absolute atomic E-state index is 0.0286. The average Bonchev–Trinajstić information content (AvgIpc) is 2.00. The van der Waals surface area contributed by atoms with Crippen LogP contribution < -0.4 is 5.32 Å². The van der Waals surface area contributed by atoms with E-state index in [4.69, 9.17) is 5.11 Å². The Balaban J connectivity index is 3.60. The molecule has 0 aliphatic rings. The highest BCUT2D eigenvalue weighted by Crippen LogP contribution is 2.20. The molecular weight excluding hydrogens is 211 g/mol. The Morgan fingerprint density at radius 2 is 1.87 bits per heavy atom. The van der Waals surface area contributed by atoms with Crippen molar-refractivity contribution in [3.8, 4) is 0 Å². The largest absolute Gasteiger partial charge is 0.481 e. The second kappa shape index (κ2) is 5.34. The van der Waals surface area contributed by atoms with Gasteiger partial charge in [0.15, 0.2) is 0 Å². The SMILES string of the molecule is CC(C)(CNCCCC(F)(F)F)C(=O)O. The van der Waals surface area contributed by atoms with Crippen LogP contribution in [-0.4, -0.2) is 30.3 Å². The molecule has 15 heavy (non-hydrogen) atoms. The van der Waals surface area contributed by atoms with Gasteiger partial charge in [0.2, 0.25) is 0 Å². The molecule has 2 N–H and O–H groups in total. The summed E-state index contributed by atoms with van der Waals surface area (Å²) in [7, 11) is 0. The fraction of sp³-hybridized carbons (Fsp3) is 0.889. The van der Waals surface area contributed by atoms with Crippen molar-refractivity contribution in [2.45, 2.75) is 32.9 Å². The smallest absolute Gasteiger partial charge is 0.389 e. The number of carboxylic acids is 1. The number of hydrogen-bond acceptors (Lipinski definition) is 2.